The highest BCUT2D eigenvalue weighted by Gasteiger charge is 2.22. The van der Waals surface area contributed by atoms with Crippen LogP contribution in [-0.2, 0) is 23.0 Å². The van der Waals surface area contributed by atoms with Crippen LogP contribution in [0.15, 0.2) is 59.7 Å². The Morgan fingerprint density at radius 3 is 2.42 bits per heavy atom. The lowest BCUT2D eigenvalue weighted by atomic mass is 10.0. The molecule has 3 aromatic rings. The molecule has 0 amide bonds. The van der Waals surface area contributed by atoms with E-state index in [1.165, 1.54) is 0 Å². The Labute approximate surface area is 221 Å². The zero-order valence-electron chi connectivity index (χ0n) is 21.0. The highest BCUT2D eigenvalue weighted by Crippen LogP contribution is 2.22. The van der Waals surface area contributed by atoms with Crippen molar-refractivity contribution in [1.29, 1.82) is 0 Å². The Morgan fingerprint density at radius 1 is 1.13 bits per heavy atom. The van der Waals surface area contributed by atoms with Crippen LogP contribution in [0.1, 0.15) is 34.0 Å². The summed E-state index contributed by atoms with van der Waals surface area (Å²) in [6, 6.07) is 14.5. The number of aromatic hydroxyl groups is 1. The van der Waals surface area contributed by atoms with E-state index in [0.29, 0.717) is 5.56 Å². The van der Waals surface area contributed by atoms with E-state index >= 15 is 0 Å². The second-order valence-corrected chi connectivity index (χ2v) is 11.0. The molecule has 10 nitrogen and oxygen atoms in total. The number of hydrogen-bond donors (Lipinski definition) is 5. The Hall–Kier alpha value is -3.53. The normalized spacial score (nSPS) is 16.9. The molecular weight excluding hydrogens is 506 g/mol. The minimum atomic E-state index is -3.58. The molecular formula is C27H31N5O5S. The van der Waals surface area contributed by atoms with Crippen LogP contribution in [0.5, 0.6) is 5.75 Å². The van der Waals surface area contributed by atoms with Crippen LogP contribution in [0.3, 0.4) is 0 Å². The molecule has 1 aliphatic heterocycles. The molecule has 5 N–H and O–H groups in total. The van der Waals surface area contributed by atoms with Gasteiger partial charge in [0.15, 0.2) is 0 Å². The number of hydrogen-bond acceptors (Lipinski definition) is 8. The smallest absolute Gasteiger partial charge is 0.293 e. The third-order valence-corrected chi connectivity index (χ3v) is 7.06. The van der Waals surface area contributed by atoms with E-state index in [9.17, 15) is 23.4 Å². The van der Waals surface area contributed by atoms with Crippen molar-refractivity contribution in [2.24, 2.45) is 0 Å². The second kappa shape index (κ2) is 12.3. The van der Waals surface area contributed by atoms with Crippen LogP contribution in [0.2, 0.25) is 0 Å². The fourth-order valence-electron chi connectivity index (χ4n) is 4.32. The molecule has 2 aromatic carbocycles. The Balaban J connectivity index is 1.45. The van der Waals surface area contributed by atoms with Gasteiger partial charge < -0.3 is 20.5 Å². The van der Waals surface area contributed by atoms with Gasteiger partial charge in [0, 0.05) is 49.8 Å². The first-order valence-corrected chi connectivity index (χ1v) is 14.1. The van der Waals surface area contributed by atoms with Crippen molar-refractivity contribution >= 4 is 10.0 Å². The molecule has 1 saturated heterocycles. The standard InChI is InChI=1S/C27H31N5O5S/c1-38(36,37)31-24(14-25-26(34)27(35)30-18-29-25)22-10-8-20(9-11-22)3-2-19-4-6-21(7-5-19)16-32-13-12-28-15-23(32)17-33/h4-11,18,23-24,28,31,33-34H,12-17H2,1H3,(H,29,30,35)/t23?,24-/m0/s1. The Morgan fingerprint density at radius 2 is 1.79 bits per heavy atom. The second-order valence-electron chi connectivity index (χ2n) is 9.25. The maximum absolute atomic E-state index is 11.9. The highest BCUT2D eigenvalue weighted by atomic mass is 32.2. The summed E-state index contributed by atoms with van der Waals surface area (Å²) >= 11 is 0. The summed E-state index contributed by atoms with van der Waals surface area (Å²) < 4.78 is 26.4. The average Bonchev–Trinajstić information content (AvgIpc) is 2.90. The summed E-state index contributed by atoms with van der Waals surface area (Å²) in [5.41, 5.74) is 2.81. The molecule has 1 aliphatic rings. The number of nitrogens with one attached hydrogen (secondary N) is 3. The molecule has 11 heteroatoms. The van der Waals surface area contributed by atoms with Crippen LogP contribution >= 0.6 is 0 Å². The first-order chi connectivity index (χ1) is 18.2. The van der Waals surface area contributed by atoms with E-state index < -0.39 is 27.4 Å². The fraction of sp³-hybridized carbons (Fsp3) is 0.333. The molecule has 200 valence electrons. The van der Waals surface area contributed by atoms with Crippen molar-refractivity contribution in [1.82, 2.24) is 24.9 Å². The summed E-state index contributed by atoms with van der Waals surface area (Å²) in [5.74, 6) is 5.73. The third kappa shape index (κ3) is 7.50. The van der Waals surface area contributed by atoms with Crippen molar-refractivity contribution in [3.05, 3.63) is 93.2 Å². The number of piperazine rings is 1. The number of aromatic nitrogens is 2. The van der Waals surface area contributed by atoms with Crippen molar-refractivity contribution in [2.45, 2.75) is 25.0 Å². The summed E-state index contributed by atoms with van der Waals surface area (Å²) in [7, 11) is -3.58. The Kier molecular flexibility index (Phi) is 8.93. The number of benzene rings is 2. The maximum atomic E-state index is 11.9. The monoisotopic (exact) mass is 537 g/mol. The van der Waals surface area contributed by atoms with Gasteiger partial charge in [-0.3, -0.25) is 9.69 Å². The van der Waals surface area contributed by atoms with Gasteiger partial charge in [-0.2, -0.15) is 0 Å². The van der Waals surface area contributed by atoms with E-state index in [1.807, 2.05) is 24.3 Å². The number of sulfonamides is 1. The largest absolute Gasteiger partial charge is 0.502 e. The van der Waals surface area contributed by atoms with Crippen LogP contribution in [0, 0.1) is 11.8 Å². The van der Waals surface area contributed by atoms with E-state index in [0.717, 1.165) is 55.5 Å². The van der Waals surface area contributed by atoms with Gasteiger partial charge in [-0.25, -0.2) is 18.1 Å². The maximum Gasteiger partial charge on any atom is 0.293 e. The van der Waals surface area contributed by atoms with E-state index in [1.54, 1.807) is 24.3 Å². The lowest BCUT2D eigenvalue weighted by molar-refractivity contribution is 0.0946. The molecule has 4 rings (SSSR count). The lowest BCUT2D eigenvalue weighted by Crippen LogP contribution is -2.52. The van der Waals surface area contributed by atoms with Gasteiger partial charge >= 0.3 is 0 Å². The molecule has 1 unspecified atom stereocenters. The molecule has 0 aliphatic carbocycles. The zero-order chi connectivity index (χ0) is 27.1. The number of aromatic amines is 1. The minimum Gasteiger partial charge on any atom is -0.502 e. The zero-order valence-corrected chi connectivity index (χ0v) is 21.8. The van der Waals surface area contributed by atoms with E-state index in [2.05, 4.69) is 36.7 Å². The quantitative estimate of drug-likeness (QED) is 0.261. The van der Waals surface area contributed by atoms with E-state index in [-0.39, 0.29) is 24.8 Å². The van der Waals surface area contributed by atoms with Gasteiger partial charge in [-0.1, -0.05) is 36.1 Å². The number of rotatable bonds is 8. The number of aliphatic hydroxyl groups is 1. The van der Waals surface area contributed by atoms with Crippen LogP contribution < -0.4 is 15.6 Å². The van der Waals surface area contributed by atoms with Crippen molar-refractivity contribution < 1.29 is 18.6 Å². The topological polar surface area (TPSA) is 148 Å². The van der Waals surface area contributed by atoms with Crippen molar-refractivity contribution in [2.75, 3.05) is 32.5 Å². The van der Waals surface area contributed by atoms with Gasteiger partial charge in [0.05, 0.1) is 30.9 Å². The fourth-order valence-corrected chi connectivity index (χ4v) is 5.06. The summed E-state index contributed by atoms with van der Waals surface area (Å²) in [6.07, 6.45) is 2.20. The summed E-state index contributed by atoms with van der Waals surface area (Å²) in [6.45, 7) is 3.50. The molecule has 2 atom stereocenters. The van der Waals surface area contributed by atoms with Crippen LogP contribution in [0.4, 0.5) is 0 Å². The third-order valence-electron chi connectivity index (χ3n) is 6.34. The number of aliphatic hydroxyl groups excluding tert-OH is 1. The van der Waals surface area contributed by atoms with Gasteiger partial charge in [0.1, 0.15) is 0 Å². The predicted molar refractivity (Wildman–Crippen MR) is 144 cm³/mol. The lowest BCUT2D eigenvalue weighted by Gasteiger charge is -2.35. The molecule has 0 radical (unpaired) electrons. The molecule has 0 saturated carbocycles. The van der Waals surface area contributed by atoms with Gasteiger partial charge in [-0.15, -0.1) is 0 Å². The first-order valence-electron chi connectivity index (χ1n) is 12.2. The SMILES string of the molecule is CS(=O)(=O)N[C@@H](Cc1nc[nH]c(=O)c1O)c1ccc(C#Cc2ccc(CN3CCNCC3CO)cc2)cc1. The summed E-state index contributed by atoms with van der Waals surface area (Å²) in [4.78, 5) is 20.2. The predicted octanol–water partition coefficient (Wildman–Crippen LogP) is 0.474. The minimum absolute atomic E-state index is 0.00676. The number of H-pyrrole nitrogens is 1. The average molecular weight is 538 g/mol. The molecule has 2 heterocycles. The van der Waals surface area contributed by atoms with Crippen molar-refractivity contribution in [3.63, 3.8) is 0 Å². The number of nitrogens with zero attached hydrogens (tertiary/aromatic N) is 2. The van der Waals surface area contributed by atoms with Gasteiger partial charge in [0.25, 0.3) is 5.56 Å². The molecule has 0 bridgehead atoms. The van der Waals surface area contributed by atoms with Gasteiger partial charge in [-0.05, 0) is 35.4 Å². The molecule has 0 spiro atoms. The van der Waals surface area contributed by atoms with Crippen LogP contribution in [0.25, 0.3) is 0 Å². The first kappa shape index (κ1) is 27.5. The molecule has 38 heavy (non-hydrogen) atoms. The summed E-state index contributed by atoms with van der Waals surface area (Å²) in [5, 5.41) is 22.9. The van der Waals surface area contributed by atoms with Crippen molar-refractivity contribution in [3.8, 4) is 17.6 Å². The van der Waals surface area contributed by atoms with Crippen LogP contribution in [-0.4, -0.2) is 72.0 Å². The highest BCUT2D eigenvalue weighted by molar-refractivity contribution is 7.88. The molecule has 1 fully saturated rings. The molecule has 1 aromatic heterocycles. The Bertz CT molecular complexity index is 1460. The van der Waals surface area contributed by atoms with E-state index in [4.69, 9.17) is 0 Å². The van der Waals surface area contributed by atoms with Gasteiger partial charge in [0.2, 0.25) is 15.8 Å².